The number of carbonyl (C=O) groups is 1. The molecule has 0 aromatic heterocycles. The number of piperazine rings is 1. The third-order valence-electron chi connectivity index (χ3n) is 5.55. The molecule has 5 heteroatoms. The maximum Gasteiger partial charge on any atom is 0.234 e. The van der Waals surface area contributed by atoms with Gasteiger partial charge in [-0.25, -0.2) is 0 Å². The van der Waals surface area contributed by atoms with Crippen LogP contribution in [0.4, 0.5) is 0 Å². The van der Waals surface area contributed by atoms with E-state index in [1.807, 2.05) is 12.1 Å². The van der Waals surface area contributed by atoms with Crippen molar-refractivity contribution in [3.63, 3.8) is 0 Å². The molecule has 1 saturated heterocycles. The first-order valence-electron chi connectivity index (χ1n) is 10.6. The molecule has 4 nitrogen and oxygen atoms in total. The molecule has 2 aromatic carbocycles. The van der Waals surface area contributed by atoms with Crippen molar-refractivity contribution >= 4 is 17.5 Å². The number of benzene rings is 2. The molecule has 0 spiro atoms. The van der Waals surface area contributed by atoms with Crippen LogP contribution < -0.4 is 5.32 Å². The highest BCUT2D eigenvalue weighted by atomic mass is 35.5. The van der Waals surface area contributed by atoms with Gasteiger partial charge in [0.2, 0.25) is 5.91 Å². The summed E-state index contributed by atoms with van der Waals surface area (Å²) in [6, 6.07) is 16.7. The number of rotatable bonds is 8. The van der Waals surface area contributed by atoms with Crippen LogP contribution in [0.15, 0.2) is 48.5 Å². The van der Waals surface area contributed by atoms with Gasteiger partial charge in [-0.2, -0.15) is 0 Å². The van der Waals surface area contributed by atoms with Crippen molar-refractivity contribution in [1.29, 1.82) is 0 Å². The lowest BCUT2D eigenvalue weighted by Crippen LogP contribution is -2.49. The summed E-state index contributed by atoms with van der Waals surface area (Å²) in [5.41, 5.74) is 3.79. The Labute approximate surface area is 179 Å². The highest BCUT2D eigenvalue weighted by Crippen LogP contribution is 2.15. The Bertz CT molecular complexity index is 768. The van der Waals surface area contributed by atoms with Gasteiger partial charge in [-0.1, -0.05) is 61.3 Å². The zero-order chi connectivity index (χ0) is 20.6. The van der Waals surface area contributed by atoms with Crippen LogP contribution in [0.5, 0.6) is 0 Å². The van der Waals surface area contributed by atoms with Crippen LogP contribution >= 0.6 is 11.6 Å². The molecule has 3 rings (SSSR count). The molecule has 0 unspecified atom stereocenters. The van der Waals surface area contributed by atoms with Crippen molar-refractivity contribution in [2.24, 2.45) is 0 Å². The Morgan fingerprint density at radius 3 is 2.17 bits per heavy atom. The SMILES string of the molecule is CCCc1ccc([C@H](C)NC(=O)CN2CCN(Cc3ccc(Cl)cc3)CC2)cc1. The highest BCUT2D eigenvalue weighted by Gasteiger charge is 2.20. The molecular weight excluding hydrogens is 382 g/mol. The topological polar surface area (TPSA) is 35.6 Å². The molecule has 0 saturated carbocycles. The molecule has 1 atom stereocenters. The van der Waals surface area contributed by atoms with E-state index in [9.17, 15) is 4.79 Å². The Morgan fingerprint density at radius 1 is 0.966 bits per heavy atom. The standard InChI is InChI=1S/C24H32ClN3O/c1-3-4-20-5-9-22(10-6-20)19(2)26-24(29)18-28-15-13-27(14-16-28)17-21-7-11-23(25)12-8-21/h5-12,19H,3-4,13-18H2,1-2H3,(H,26,29)/t19-/m0/s1. The lowest BCUT2D eigenvalue weighted by molar-refractivity contribution is -0.123. The number of amides is 1. The fourth-order valence-corrected chi connectivity index (χ4v) is 3.91. The zero-order valence-corrected chi connectivity index (χ0v) is 18.3. The second kappa shape index (κ2) is 10.8. The Balaban J connectivity index is 1.40. The number of nitrogens with one attached hydrogen (secondary N) is 1. The molecule has 2 aromatic rings. The van der Waals surface area contributed by atoms with E-state index >= 15 is 0 Å². The molecule has 1 aliphatic heterocycles. The quantitative estimate of drug-likeness (QED) is 0.701. The van der Waals surface area contributed by atoms with Crippen molar-refractivity contribution in [2.75, 3.05) is 32.7 Å². The van der Waals surface area contributed by atoms with Crippen molar-refractivity contribution in [2.45, 2.75) is 39.3 Å². The first-order chi connectivity index (χ1) is 14.0. The van der Waals surface area contributed by atoms with E-state index in [0.717, 1.165) is 56.2 Å². The van der Waals surface area contributed by atoms with Gasteiger partial charge < -0.3 is 5.32 Å². The molecule has 1 amide bonds. The van der Waals surface area contributed by atoms with Gasteiger partial charge in [0, 0.05) is 37.7 Å². The predicted molar refractivity (Wildman–Crippen MR) is 120 cm³/mol. The minimum absolute atomic E-state index is 0.0318. The Kier molecular flexibility index (Phi) is 8.10. The van der Waals surface area contributed by atoms with Crippen molar-refractivity contribution < 1.29 is 4.79 Å². The third-order valence-corrected chi connectivity index (χ3v) is 5.80. The number of nitrogens with zero attached hydrogens (tertiary/aromatic N) is 2. The average molecular weight is 414 g/mol. The predicted octanol–water partition coefficient (Wildman–Crippen LogP) is 4.29. The number of carbonyl (C=O) groups excluding carboxylic acids is 1. The second-order valence-electron chi connectivity index (χ2n) is 7.96. The van der Waals surface area contributed by atoms with Crippen LogP contribution in [-0.4, -0.2) is 48.4 Å². The molecular formula is C24H32ClN3O. The van der Waals surface area contributed by atoms with Gasteiger partial charge in [0.25, 0.3) is 0 Å². The smallest absolute Gasteiger partial charge is 0.234 e. The summed E-state index contributed by atoms with van der Waals surface area (Å²) in [7, 11) is 0. The van der Waals surface area contributed by atoms with Crippen LogP contribution in [0.2, 0.25) is 5.02 Å². The minimum Gasteiger partial charge on any atom is -0.348 e. The zero-order valence-electron chi connectivity index (χ0n) is 17.5. The van der Waals surface area contributed by atoms with Gasteiger partial charge in [0.05, 0.1) is 12.6 Å². The molecule has 1 heterocycles. The van der Waals surface area contributed by atoms with Gasteiger partial charge >= 0.3 is 0 Å². The van der Waals surface area contributed by atoms with E-state index in [-0.39, 0.29) is 11.9 Å². The molecule has 1 N–H and O–H groups in total. The highest BCUT2D eigenvalue weighted by molar-refractivity contribution is 6.30. The Hall–Kier alpha value is -1.88. The summed E-state index contributed by atoms with van der Waals surface area (Å²) in [4.78, 5) is 17.2. The summed E-state index contributed by atoms with van der Waals surface area (Å²) in [5.74, 6) is 0.0984. The van der Waals surface area contributed by atoms with Gasteiger partial charge in [-0.3, -0.25) is 14.6 Å². The maximum atomic E-state index is 12.5. The monoisotopic (exact) mass is 413 g/mol. The van der Waals surface area contributed by atoms with E-state index in [1.165, 1.54) is 11.1 Å². The van der Waals surface area contributed by atoms with E-state index in [4.69, 9.17) is 11.6 Å². The first kappa shape index (κ1) is 21.8. The van der Waals surface area contributed by atoms with Gasteiger partial charge in [0.15, 0.2) is 0 Å². The van der Waals surface area contributed by atoms with Crippen LogP contribution in [0, 0.1) is 0 Å². The fraction of sp³-hybridized carbons (Fsp3) is 0.458. The molecule has 156 valence electrons. The van der Waals surface area contributed by atoms with Crippen LogP contribution in [0.3, 0.4) is 0 Å². The second-order valence-corrected chi connectivity index (χ2v) is 8.40. The van der Waals surface area contributed by atoms with Gasteiger partial charge in [-0.15, -0.1) is 0 Å². The molecule has 0 radical (unpaired) electrons. The van der Waals surface area contributed by atoms with Crippen LogP contribution in [-0.2, 0) is 17.8 Å². The van der Waals surface area contributed by atoms with E-state index in [0.29, 0.717) is 6.54 Å². The molecule has 1 aliphatic rings. The van der Waals surface area contributed by atoms with E-state index in [1.54, 1.807) is 0 Å². The van der Waals surface area contributed by atoms with Crippen molar-refractivity contribution in [3.8, 4) is 0 Å². The number of hydrogen-bond acceptors (Lipinski definition) is 3. The summed E-state index contributed by atoms with van der Waals surface area (Å²) < 4.78 is 0. The Morgan fingerprint density at radius 2 is 1.55 bits per heavy atom. The molecule has 29 heavy (non-hydrogen) atoms. The molecule has 1 fully saturated rings. The van der Waals surface area contributed by atoms with Crippen LogP contribution in [0.25, 0.3) is 0 Å². The number of hydrogen-bond donors (Lipinski definition) is 1. The van der Waals surface area contributed by atoms with Crippen LogP contribution in [0.1, 0.15) is 43.0 Å². The normalized spacial score (nSPS) is 16.5. The number of halogens is 1. The summed E-state index contributed by atoms with van der Waals surface area (Å²) in [6.07, 6.45) is 2.25. The van der Waals surface area contributed by atoms with E-state index in [2.05, 4.69) is 65.4 Å². The van der Waals surface area contributed by atoms with Crippen molar-refractivity contribution in [3.05, 3.63) is 70.2 Å². The van der Waals surface area contributed by atoms with Gasteiger partial charge in [0.1, 0.15) is 0 Å². The lowest BCUT2D eigenvalue weighted by atomic mass is 10.0. The molecule has 0 aliphatic carbocycles. The van der Waals surface area contributed by atoms with E-state index < -0.39 is 0 Å². The van der Waals surface area contributed by atoms with Gasteiger partial charge in [-0.05, 0) is 42.2 Å². The summed E-state index contributed by atoms with van der Waals surface area (Å²) >= 11 is 5.96. The maximum absolute atomic E-state index is 12.5. The fourth-order valence-electron chi connectivity index (χ4n) is 3.79. The summed E-state index contributed by atoms with van der Waals surface area (Å²) in [5, 5.41) is 3.92. The largest absolute Gasteiger partial charge is 0.348 e. The molecule has 0 bridgehead atoms. The van der Waals surface area contributed by atoms with Crippen molar-refractivity contribution in [1.82, 2.24) is 15.1 Å². The first-order valence-corrected chi connectivity index (χ1v) is 11.0. The third kappa shape index (κ3) is 6.84. The summed E-state index contributed by atoms with van der Waals surface area (Å²) in [6.45, 7) is 9.43. The average Bonchev–Trinajstić information content (AvgIpc) is 2.72. The number of aryl methyl sites for hydroxylation is 1. The lowest BCUT2D eigenvalue weighted by Gasteiger charge is -2.34. The minimum atomic E-state index is 0.0318.